The van der Waals surface area contributed by atoms with E-state index < -0.39 is 17.6 Å². The molecule has 0 heterocycles. The molecule has 174 valence electrons. The van der Waals surface area contributed by atoms with Crippen LogP contribution in [0.25, 0.3) is 0 Å². The van der Waals surface area contributed by atoms with Crippen molar-refractivity contribution in [2.45, 2.75) is 6.92 Å². The summed E-state index contributed by atoms with van der Waals surface area (Å²) in [6.07, 6.45) is 1.31. The van der Waals surface area contributed by atoms with Crippen molar-refractivity contribution in [2.24, 2.45) is 5.10 Å². The molecule has 0 fully saturated rings. The second kappa shape index (κ2) is 11.6. The van der Waals surface area contributed by atoms with Crippen molar-refractivity contribution in [3.8, 4) is 5.75 Å². The van der Waals surface area contributed by atoms with Gasteiger partial charge in [0.2, 0.25) is 0 Å². The summed E-state index contributed by atoms with van der Waals surface area (Å²) in [5.41, 5.74) is 4.28. The molecule has 34 heavy (non-hydrogen) atoms. The lowest BCUT2D eigenvalue weighted by Crippen LogP contribution is -2.32. The van der Waals surface area contributed by atoms with E-state index in [0.717, 1.165) is 17.7 Å². The Morgan fingerprint density at radius 2 is 1.74 bits per heavy atom. The van der Waals surface area contributed by atoms with Gasteiger partial charge in [0, 0.05) is 16.4 Å². The number of hydrazone groups is 1. The van der Waals surface area contributed by atoms with E-state index >= 15 is 0 Å². The van der Waals surface area contributed by atoms with Crippen molar-refractivity contribution >= 4 is 46.9 Å². The SMILES string of the molecule is Cc1c(Cl)cccc1NC(=O)COc1cccc(/C=N\NC(=O)C(=O)Nc2ccc(F)cc2)c1. The number of benzene rings is 3. The van der Waals surface area contributed by atoms with Crippen LogP contribution in [0.5, 0.6) is 5.75 Å². The number of nitrogens with zero attached hydrogens (tertiary/aromatic N) is 1. The molecule has 0 aromatic heterocycles. The molecular formula is C24H20ClFN4O4. The van der Waals surface area contributed by atoms with Gasteiger partial charge in [-0.1, -0.05) is 29.8 Å². The highest BCUT2D eigenvalue weighted by Crippen LogP contribution is 2.23. The van der Waals surface area contributed by atoms with Crippen LogP contribution in [0.1, 0.15) is 11.1 Å². The number of anilines is 2. The first-order valence-corrected chi connectivity index (χ1v) is 10.4. The van der Waals surface area contributed by atoms with Crippen molar-refractivity contribution in [3.63, 3.8) is 0 Å². The molecule has 0 unspecified atom stereocenters. The molecule has 3 amide bonds. The van der Waals surface area contributed by atoms with Crippen LogP contribution in [0.3, 0.4) is 0 Å². The molecule has 3 aromatic rings. The van der Waals surface area contributed by atoms with E-state index in [1.165, 1.54) is 18.3 Å². The number of rotatable bonds is 7. The fourth-order valence-electron chi connectivity index (χ4n) is 2.70. The molecule has 0 saturated carbocycles. The molecule has 0 spiro atoms. The van der Waals surface area contributed by atoms with Gasteiger partial charge >= 0.3 is 11.8 Å². The molecule has 0 radical (unpaired) electrons. The Labute approximate surface area is 199 Å². The second-order valence-electron chi connectivity index (χ2n) is 6.98. The molecule has 3 N–H and O–H groups in total. The fraction of sp³-hybridized carbons (Fsp3) is 0.0833. The van der Waals surface area contributed by atoms with Crippen molar-refractivity contribution < 1.29 is 23.5 Å². The molecule has 0 saturated heterocycles. The monoisotopic (exact) mass is 482 g/mol. The zero-order chi connectivity index (χ0) is 24.5. The normalized spacial score (nSPS) is 10.6. The van der Waals surface area contributed by atoms with Crippen molar-refractivity contribution in [1.29, 1.82) is 0 Å². The van der Waals surface area contributed by atoms with Gasteiger partial charge in [0.15, 0.2) is 6.61 Å². The molecule has 3 rings (SSSR count). The van der Waals surface area contributed by atoms with E-state index in [2.05, 4.69) is 21.2 Å². The van der Waals surface area contributed by atoms with Crippen LogP contribution in [0.4, 0.5) is 15.8 Å². The molecule has 0 aliphatic carbocycles. The summed E-state index contributed by atoms with van der Waals surface area (Å²) in [6.45, 7) is 1.57. The summed E-state index contributed by atoms with van der Waals surface area (Å²) in [7, 11) is 0. The van der Waals surface area contributed by atoms with Gasteiger partial charge in [0.1, 0.15) is 11.6 Å². The van der Waals surface area contributed by atoms with Gasteiger partial charge in [-0.05, 0) is 66.6 Å². The Morgan fingerprint density at radius 3 is 2.50 bits per heavy atom. The second-order valence-corrected chi connectivity index (χ2v) is 7.39. The minimum atomic E-state index is -0.999. The standard InChI is InChI=1S/C24H20ClFN4O4/c1-15-20(25)6-3-7-21(15)29-22(31)14-34-19-5-2-4-16(12-19)13-27-30-24(33)23(32)28-18-10-8-17(26)9-11-18/h2-13H,14H2,1H3,(H,28,32)(H,29,31)(H,30,33)/b27-13-. The number of carbonyl (C=O) groups is 3. The molecule has 0 bridgehead atoms. The lowest BCUT2D eigenvalue weighted by atomic mass is 10.2. The third kappa shape index (κ3) is 7.14. The lowest BCUT2D eigenvalue weighted by Gasteiger charge is -2.10. The number of amides is 3. The third-order valence-electron chi connectivity index (χ3n) is 4.46. The van der Waals surface area contributed by atoms with Crippen molar-refractivity contribution in [1.82, 2.24) is 5.43 Å². The van der Waals surface area contributed by atoms with Crippen LogP contribution in [0.2, 0.25) is 5.02 Å². The summed E-state index contributed by atoms with van der Waals surface area (Å²) >= 11 is 6.05. The molecule has 0 atom stereocenters. The van der Waals surface area contributed by atoms with Crippen LogP contribution in [-0.2, 0) is 14.4 Å². The molecular weight excluding hydrogens is 463 g/mol. The minimum absolute atomic E-state index is 0.229. The first-order chi connectivity index (χ1) is 16.3. The van der Waals surface area contributed by atoms with E-state index in [1.54, 1.807) is 49.4 Å². The Bertz CT molecular complexity index is 1230. The highest BCUT2D eigenvalue weighted by atomic mass is 35.5. The quantitative estimate of drug-likeness (QED) is 0.269. The maximum absolute atomic E-state index is 12.9. The number of carbonyl (C=O) groups excluding carboxylic acids is 3. The Balaban J connectivity index is 1.49. The van der Waals surface area contributed by atoms with Gasteiger partial charge < -0.3 is 15.4 Å². The average Bonchev–Trinajstić information content (AvgIpc) is 2.82. The highest BCUT2D eigenvalue weighted by Gasteiger charge is 2.13. The number of ether oxygens (including phenoxy) is 1. The summed E-state index contributed by atoms with van der Waals surface area (Å²) in [5.74, 6) is -2.37. The van der Waals surface area contributed by atoms with Crippen LogP contribution in [0.15, 0.2) is 71.8 Å². The number of hydrogen-bond donors (Lipinski definition) is 3. The summed E-state index contributed by atoms with van der Waals surface area (Å²) in [4.78, 5) is 35.9. The maximum atomic E-state index is 12.9. The van der Waals surface area contributed by atoms with Crippen LogP contribution < -0.4 is 20.8 Å². The van der Waals surface area contributed by atoms with Crippen LogP contribution in [-0.4, -0.2) is 30.5 Å². The lowest BCUT2D eigenvalue weighted by molar-refractivity contribution is -0.136. The Hall–Kier alpha value is -4.24. The predicted molar refractivity (Wildman–Crippen MR) is 128 cm³/mol. The van der Waals surface area contributed by atoms with Gasteiger partial charge in [-0.15, -0.1) is 0 Å². The highest BCUT2D eigenvalue weighted by molar-refractivity contribution is 6.39. The van der Waals surface area contributed by atoms with Gasteiger partial charge in [-0.25, -0.2) is 9.82 Å². The van der Waals surface area contributed by atoms with Gasteiger partial charge in [-0.2, -0.15) is 5.10 Å². The first kappa shape index (κ1) is 24.4. The van der Waals surface area contributed by atoms with Crippen molar-refractivity contribution in [3.05, 3.63) is 88.7 Å². The summed E-state index contributed by atoms with van der Waals surface area (Å²) in [6, 6.07) is 16.8. The van der Waals surface area contributed by atoms with Crippen LogP contribution in [0, 0.1) is 12.7 Å². The first-order valence-electron chi connectivity index (χ1n) is 9.99. The summed E-state index contributed by atoms with van der Waals surface area (Å²) in [5, 5.41) is 9.34. The third-order valence-corrected chi connectivity index (χ3v) is 4.87. The Kier molecular flexibility index (Phi) is 8.31. The average molecular weight is 483 g/mol. The van der Waals surface area contributed by atoms with E-state index in [0.29, 0.717) is 22.0 Å². The zero-order valence-corrected chi connectivity index (χ0v) is 18.7. The minimum Gasteiger partial charge on any atom is -0.484 e. The van der Waals surface area contributed by atoms with E-state index in [-0.39, 0.29) is 18.2 Å². The van der Waals surface area contributed by atoms with E-state index in [1.807, 2.05) is 0 Å². The summed E-state index contributed by atoms with van der Waals surface area (Å²) < 4.78 is 18.4. The van der Waals surface area contributed by atoms with Gasteiger partial charge in [0.25, 0.3) is 5.91 Å². The van der Waals surface area contributed by atoms with Gasteiger partial charge in [0.05, 0.1) is 6.21 Å². The fourth-order valence-corrected chi connectivity index (χ4v) is 2.87. The van der Waals surface area contributed by atoms with E-state index in [9.17, 15) is 18.8 Å². The molecule has 8 nitrogen and oxygen atoms in total. The smallest absolute Gasteiger partial charge is 0.329 e. The predicted octanol–water partition coefficient (Wildman–Crippen LogP) is 3.89. The maximum Gasteiger partial charge on any atom is 0.329 e. The Morgan fingerprint density at radius 1 is 1.00 bits per heavy atom. The number of halogens is 2. The number of hydrogen-bond acceptors (Lipinski definition) is 5. The largest absolute Gasteiger partial charge is 0.484 e. The van der Waals surface area contributed by atoms with E-state index in [4.69, 9.17) is 16.3 Å². The molecule has 0 aliphatic heterocycles. The zero-order valence-electron chi connectivity index (χ0n) is 18.0. The molecule has 0 aliphatic rings. The molecule has 3 aromatic carbocycles. The van der Waals surface area contributed by atoms with Gasteiger partial charge in [-0.3, -0.25) is 14.4 Å². The van der Waals surface area contributed by atoms with Crippen LogP contribution >= 0.6 is 11.6 Å². The number of nitrogens with one attached hydrogen (secondary N) is 3. The topological polar surface area (TPSA) is 109 Å². The van der Waals surface area contributed by atoms with Crippen molar-refractivity contribution in [2.75, 3.05) is 17.2 Å². The molecule has 10 heteroatoms.